The molecule has 1 fully saturated rings. The van der Waals surface area contributed by atoms with E-state index in [0.717, 1.165) is 25.3 Å². The van der Waals surface area contributed by atoms with E-state index in [-0.39, 0.29) is 5.78 Å². The highest BCUT2D eigenvalue weighted by molar-refractivity contribution is 6.00. The zero-order chi connectivity index (χ0) is 13.9. The number of benzene rings is 1. The number of carbonyl (C=O) groups excluding carboxylic acids is 1. The Labute approximate surface area is 114 Å². The lowest BCUT2D eigenvalue weighted by Crippen LogP contribution is -2.17. The highest BCUT2D eigenvalue weighted by atomic mass is 16.5. The van der Waals surface area contributed by atoms with Crippen molar-refractivity contribution in [2.45, 2.75) is 26.2 Å². The lowest BCUT2D eigenvalue weighted by Gasteiger charge is -2.17. The van der Waals surface area contributed by atoms with Crippen LogP contribution in [0.25, 0.3) is 0 Å². The summed E-state index contributed by atoms with van der Waals surface area (Å²) in [5, 5.41) is 3.42. The Morgan fingerprint density at radius 3 is 2.79 bits per heavy atom. The van der Waals surface area contributed by atoms with E-state index in [1.807, 2.05) is 12.1 Å². The van der Waals surface area contributed by atoms with Crippen LogP contribution in [0, 0.1) is 5.41 Å². The predicted molar refractivity (Wildman–Crippen MR) is 77.5 cm³/mol. The zero-order valence-corrected chi connectivity index (χ0v) is 11.7. The van der Waals surface area contributed by atoms with Gasteiger partial charge in [-0.25, -0.2) is 0 Å². The van der Waals surface area contributed by atoms with Crippen LogP contribution in [0.3, 0.4) is 0 Å². The Morgan fingerprint density at radius 2 is 2.21 bits per heavy atom. The first kappa shape index (κ1) is 13.9. The van der Waals surface area contributed by atoms with Gasteiger partial charge < -0.3 is 15.8 Å². The van der Waals surface area contributed by atoms with Crippen LogP contribution in [-0.4, -0.2) is 26.0 Å². The smallest absolute Gasteiger partial charge is 0.161 e. The molecule has 0 spiro atoms. The monoisotopic (exact) mass is 262 g/mol. The quantitative estimate of drug-likeness (QED) is 0.586. The average molecular weight is 262 g/mol. The molecular weight excluding hydrogens is 240 g/mol. The van der Waals surface area contributed by atoms with E-state index < -0.39 is 0 Å². The van der Waals surface area contributed by atoms with Crippen LogP contribution in [0.1, 0.15) is 36.5 Å². The highest BCUT2D eigenvalue weighted by Crippen LogP contribution is 2.48. The standard InChI is InChI=1S/C15H22N2O2/c1-11(18)13-9-12(3-4-14(13)16)17-10-15(5-6-15)7-8-19-2/h3-4,9,17H,5-8,10,16H2,1-2H3. The first-order chi connectivity index (χ1) is 9.06. The van der Waals surface area contributed by atoms with Gasteiger partial charge in [0, 0.05) is 37.2 Å². The maximum absolute atomic E-state index is 11.4. The molecular formula is C15H22N2O2. The maximum Gasteiger partial charge on any atom is 0.161 e. The van der Waals surface area contributed by atoms with E-state index in [9.17, 15) is 4.79 Å². The molecule has 0 bridgehead atoms. The molecule has 4 heteroatoms. The molecule has 0 aromatic heterocycles. The van der Waals surface area contributed by atoms with Crippen LogP contribution < -0.4 is 11.1 Å². The maximum atomic E-state index is 11.4. The molecule has 0 unspecified atom stereocenters. The molecule has 3 N–H and O–H groups in total. The summed E-state index contributed by atoms with van der Waals surface area (Å²) in [5.74, 6) is 0.00154. The lowest BCUT2D eigenvalue weighted by molar-refractivity contribution is 0.101. The number of ether oxygens (including phenoxy) is 1. The average Bonchev–Trinajstić information content (AvgIpc) is 3.16. The minimum atomic E-state index is 0.00154. The normalized spacial score (nSPS) is 16.1. The molecule has 104 valence electrons. The van der Waals surface area contributed by atoms with Gasteiger partial charge in [0.25, 0.3) is 0 Å². The molecule has 19 heavy (non-hydrogen) atoms. The van der Waals surface area contributed by atoms with Gasteiger partial charge in [0.05, 0.1) is 0 Å². The van der Waals surface area contributed by atoms with Crippen molar-refractivity contribution in [3.8, 4) is 0 Å². The predicted octanol–water partition coefficient (Wildman–Crippen LogP) is 2.70. The molecule has 1 saturated carbocycles. The third-order valence-corrected chi connectivity index (χ3v) is 3.89. The Kier molecular flexibility index (Phi) is 4.10. The fourth-order valence-corrected chi connectivity index (χ4v) is 2.27. The summed E-state index contributed by atoms with van der Waals surface area (Å²) >= 11 is 0. The van der Waals surface area contributed by atoms with Crippen molar-refractivity contribution in [3.05, 3.63) is 23.8 Å². The number of Topliss-reactive ketones (excluding diaryl/α,β-unsaturated/α-hetero) is 1. The van der Waals surface area contributed by atoms with Crippen molar-refractivity contribution >= 4 is 17.2 Å². The van der Waals surface area contributed by atoms with E-state index in [1.54, 1.807) is 13.2 Å². The number of nitrogens with two attached hydrogens (primary N) is 1. The molecule has 1 aromatic carbocycles. The second kappa shape index (κ2) is 5.61. The molecule has 0 amide bonds. The van der Waals surface area contributed by atoms with Crippen LogP contribution >= 0.6 is 0 Å². The SMILES string of the molecule is COCCC1(CNc2ccc(N)c(C(C)=O)c2)CC1. The van der Waals surface area contributed by atoms with Gasteiger partial charge >= 0.3 is 0 Å². The largest absolute Gasteiger partial charge is 0.398 e. The molecule has 0 atom stereocenters. The van der Waals surface area contributed by atoms with Crippen molar-refractivity contribution in [2.24, 2.45) is 5.41 Å². The Morgan fingerprint density at radius 1 is 1.47 bits per heavy atom. The number of hydrogen-bond donors (Lipinski definition) is 2. The Balaban J connectivity index is 1.96. The third-order valence-electron chi connectivity index (χ3n) is 3.89. The van der Waals surface area contributed by atoms with Gasteiger partial charge in [0.1, 0.15) is 0 Å². The molecule has 0 aliphatic heterocycles. The summed E-state index contributed by atoms with van der Waals surface area (Å²) in [6, 6.07) is 5.55. The minimum absolute atomic E-state index is 0.00154. The van der Waals surface area contributed by atoms with Crippen molar-refractivity contribution in [3.63, 3.8) is 0 Å². The summed E-state index contributed by atoms with van der Waals surface area (Å²) in [4.78, 5) is 11.4. The first-order valence-electron chi connectivity index (χ1n) is 6.70. The van der Waals surface area contributed by atoms with E-state index in [1.165, 1.54) is 19.8 Å². The number of nitrogens with one attached hydrogen (secondary N) is 1. The summed E-state index contributed by atoms with van der Waals surface area (Å²) in [6.45, 7) is 3.27. The molecule has 1 aromatic rings. The molecule has 1 aliphatic rings. The van der Waals surface area contributed by atoms with Crippen LogP contribution in [-0.2, 0) is 4.74 Å². The molecule has 0 saturated heterocycles. The second-order valence-corrected chi connectivity index (χ2v) is 5.45. The number of carbonyl (C=O) groups is 1. The molecule has 1 aliphatic carbocycles. The number of hydrogen-bond acceptors (Lipinski definition) is 4. The van der Waals surface area contributed by atoms with Crippen LogP contribution in [0.15, 0.2) is 18.2 Å². The van der Waals surface area contributed by atoms with Gasteiger partial charge in [0.15, 0.2) is 5.78 Å². The van der Waals surface area contributed by atoms with Gasteiger partial charge in [0.2, 0.25) is 0 Å². The molecule has 2 rings (SSSR count). The number of nitrogen functional groups attached to an aromatic ring is 1. The van der Waals surface area contributed by atoms with Gasteiger partial charge in [-0.15, -0.1) is 0 Å². The van der Waals surface area contributed by atoms with E-state index >= 15 is 0 Å². The van der Waals surface area contributed by atoms with Gasteiger partial charge in [-0.3, -0.25) is 4.79 Å². The highest BCUT2D eigenvalue weighted by Gasteiger charge is 2.41. The number of ketones is 1. The van der Waals surface area contributed by atoms with Crippen molar-refractivity contribution in [1.82, 2.24) is 0 Å². The van der Waals surface area contributed by atoms with Crippen molar-refractivity contribution in [1.29, 1.82) is 0 Å². The van der Waals surface area contributed by atoms with Gasteiger partial charge in [-0.2, -0.15) is 0 Å². The van der Waals surface area contributed by atoms with Crippen LogP contribution in [0.4, 0.5) is 11.4 Å². The number of rotatable bonds is 7. The van der Waals surface area contributed by atoms with Gasteiger partial charge in [-0.1, -0.05) is 0 Å². The van der Waals surface area contributed by atoms with Crippen LogP contribution in [0.2, 0.25) is 0 Å². The van der Waals surface area contributed by atoms with Crippen LogP contribution in [0.5, 0.6) is 0 Å². The van der Waals surface area contributed by atoms with Crippen molar-refractivity contribution in [2.75, 3.05) is 31.3 Å². The Hall–Kier alpha value is -1.55. The Bertz CT molecular complexity index is 467. The summed E-state index contributed by atoms with van der Waals surface area (Å²) in [7, 11) is 1.74. The second-order valence-electron chi connectivity index (χ2n) is 5.45. The fraction of sp³-hybridized carbons (Fsp3) is 0.533. The van der Waals surface area contributed by atoms with Crippen molar-refractivity contribution < 1.29 is 9.53 Å². The zero-order valence-electron chi connectivity index (χ0n) is 11.7. The fourth-order valence-electron chi connectivity index (χ4n) is 2.27. The van der Waals surface area contributed by atoms with E-state index in [2.05, 4.69) is 5.32 Å². The van der Waals surface area contributed by atoms with Gasteiger partial charge in [-0.05, 0) is 49.8 Å². The number of methoxy groups -OCH3 is 1. The minimum Gasteiger partial charge on any atom is -0.398 e. The molecule has 4 nitrogen and oxygen atoms in total. The third kappa shape index (κ3) is 3.47. The topological polar surface area (TPSA) is 64.3 Å². The lowest BCUT2D eigenvalue weighted by atomic mass is 10.0. The molecule has 0 radical (unpaired) electrons. The van der Waals surface area contributed by atoms with E-state index in [4.69, 9.17) is 10.5 Å². The number of anilines is 2. The summed E-state index contributed by atoms with van der Waals surface area (Å²) in [6.07, 6.45) is 3.58. The van der Waals surface area contributed by atoms with E-state index in [0.29, 0.717) is 16.7 Å². The summed E-state index contributed by atoms with van der Waals surface area (Å²) < 4.78 is 5.15. The molecule has 0 heterocycles. The first-order valence-corrected chi connectivity index (χ1v) is 6.70. The summed E-state index contributed by atoms with van der Waals surface area (Å²) in [5.41, 5.74) is 8.26.